The van der Waals surface area contributed by atoms with Gasteiger partial charge in [0, 0.05) is 23.5 Å². The number of H-pyrrole nitrogens is 1. The molecule has 1 aromatic carbocycles. The second kappa shape index (κ2) is 6.10. The summed E-state index contributed by atoms with van der Waals surface area (Å²) >= 11 is 0. The molecule has 5 nitrogen and oxygen atoms in total. The number of rotatable bonds is 6. The van der Waals surface area contributed by atoms with Crippen LogP contribution >= 0.6 is 0 Å². The Balaban J connectivity index is 1.73. The maximum absolute atomic E-state index is 6.21. The monoisotopic (exact) mass is 284 g/mol. The van der Waals surface area contributed by atoms with Gasteiger partial charge in [0.15, 0.2) is 5.82 Å². The molecule has 0 radical (unpaired) electrons. The van der Waals surface area contributed by atoms with Gasteiger partial charge in [0.25, 0.3) is 0 Å². The Morgan fingerprint density at radius 1 is 1.33 bits per heavy atom. The van der Waals surface area contributed by atoms with Crippen molar-refractivity contribution < 1.29 is 4.52 Å². The van der Waals surface area contributed by atoms with Gasteiger partial charge in [-0.25, -0.2) is 0 Å². The lowest BCUT2D eigenvalue weighted by atomic mass is 10.1. The summed E-state index contributed by atoms with van der Waals surface area (Å²) in [4.78, 5) is 7.65. The summed E-state index contributed by atoms with van der Waals surface area (Å²) in [7, 11) is 0. The summed E-state index contributed by atoms with van der Waals surface area (Å²) in [5.41, 5.74) is 8.50. The summed E-state index contributed by atoms with van der Waals surface area (Å²) in [6.07, 6.45) is 5.71. The molecular weight excluding hydrogens is 264 g/mol. The van der Waals surface area contributed by atoms with Gasteiger partial charge in [-0.1, -0.05) is 36.7 Å². The fourth-order valence-corrected chi connectivity index (χ4v) is 2.48. The van der Waals surface area contributed by atoms with Crippen molar-refractivity contribution in [1.82, 2.24) is 15.1 Å². The highest BCUT2D eigenvalue weighted by molar-refractivity contribution is 5.83. The van der Waals surface area contributed by atoms with Crippen molar-refractivity contribution in [3.8, 4) is 0 Å². The molecule has 0 aliphatic carbocycles. The number of aryl methyl sites for hydroxylation is 1. The molecule has 5 heteroatoms. The zero-order valence-corrected chi connectivity index (χ0v) is 12.2. The van der Waals surface area contributed by atoms with E-state index in [1.807, 2.05) is 18.3 Å². The highest BCUT2D eigenvalue weighted by Crippen LogP contribution is 2.22. The second-order valence-corrected chi connectivity index (χ2v) is 5.32. The van der Waals surface area contributed by atoms with E-state index in [4.69, 9.17) is 10.3 Å². The summed E-state index contributed by atoms with van der Waals surface area (Å²) < 4.78 is 5.29. The Morgan fingerprint density at radius 2 is 2.19 bits per heavy atom. The first kappa shape index (κ1) is 13.8. The molecule has 3 rings (SSSR count). The summed E-state index contributed by atoms with van der Waals surface area (Å²) in [5, 5.41) is 5.19. The van der Waals surface area contributed by atoms with E-state index in [0.29, 0.717) is 12.3 Å². The van der Waals surface area contributed by atoms with Crippen molar-refractivity contribution in [3.63, 3.8) is 0 Å². The van der Waals surface area contributed by atoms with Crippen molar-refractivity contribution in [1.29, 1.82) is 0 Å². The van der Waals surface area contributed by atoms with Gasteiger partial charge < -0.3 is 15.2 Å². The Bertz CT molecular complexity index is 716. The minimum atomic E-state index is -0.271. The maximum atomic E-state index is 6.21. The van der Waals surface area contributed by atoms with Crippen LogP contribution in [0.3, 0.4) is 0 Å². The van der Waals surface area contributed by atoms with Crippen molar-refractivity contribution in [2.24, 2.45) is 5.73 Å². The number of aromatic nitrogens is 3. The zero-order valence-electron chi connectivity index (χ0n) is 12.2. The normalized spacial score (nSPS) is 12.9. The molecule has 3 aromatic rings. The van der Waals surface area contributed by atoms with Crippen molar-refractivity contribution in [2.75, 3.05) is 0 Å². The minimum absolute atomic E-state index is 0.271. The molecule has 0 aliphatic heterocycles. The molecule has 0 fully saturated rings. The SMILES string of the molecule is CCCCc1noc([C@@H](N)Cc2c[nH]c3ccccc23)n1. The van der Waals surface area contributed by atoms with Crippen LogP contribution in [0.25, 0.3) is 10.9 Å². The summed E-state index contributed by atoms with van der Waals surface area (Å²) in [6.45, 7) is 2.14. The Labute approximate surface area is 123 Å². The topological polar surface area (TPSA) is 80.7 Å². The molecule has 0 saturated carbocycles. The molecule has 3 N–H and O–H groups in total. The number of aromatic amines is 1. The molecule has 21 heavy (non-hydrogen) atoms. The number of hydrogen-bond donors (Lipinski definition) is 2. The highest BCUT2D eigenvalue weighted by Gasteiger charge is 2.17. The highest BCUT2D eigenvalue weighted by atomic mass is 16.5. The molecule has 0 unspecified atom stereocenters. The predicted octanol–water partition coefficient (Wildman–Crippen LogP) is 3.14. The van der Waals surface area contributed by atoms with Crippen molar-refractivity contribution >= 4 is 10.9 Å². The molecular formula is C16H20N4O. The van der Waals surface area contributed by atoms with Crippen LogP contribution in [0.2, 0.25) is 0 Å². The molecule has 0 bridgehead atoms. The number of benzene rings is 1. The van der Waals surface area contributed by atoms with E-state index in [0.717, 1.165) is 30.6 Å². The number of fused-ring (bicyclic) bond motifs is 1. The number of nitrogens with one attached hydrogen (secondary N) is 1. The largest absolute Gasteiger partial charge is 0.361 e. The van der Waals surface area contributed by atoms with Crippen LogP contribution in [0.5, 0.6) is 0 Å². The Morgan fingerprint density at radius 3 is 3.05 bits per heavy atom. The molecule has 0 spiro atoms. The predicted molar refractivity (Wildman–Crippen MR) is 81.8 cm³/mol. The van der Waals surface area contributed by atoms with Gasteiger partial charge in [-0.15, -0.1) is 0 Å². The maximum Gasteiger partial charge on any atom is 0.243 e. The van der Waals surface area contributed by atoms with Gasteiger partial charge in [0.1, 0.15) is 0 Å². The van der Waals surface area contributed by atoms with Gasteiger partial charge >= 0.3 is 0 Å². The molecule has 2 aromatic heterocycles. The first-order valence-corrected chi connectivity index (χ1v) is 7.41. The molecule has 2 heterocycles. The number of nitrogens with zero attached hydrogens (tertiary/aromatic N) is 2. The van der Waals surface area contributed by atoms with Gasteiger partial charge in [-0.05, 0) is 24.5 Å². The van der Waals surface area contributed by atoms with E-state index in [1.54, 1.807) is 0 Å². The average Bonchev–Trinajstić information content (AvgIpc) is 3.13. The van der Waals surface area contributed by atoms with Gasteiger partial charge in [0.2, 0.25) is 5.89 Å². The molecule has 0 amide bonds. The smallest absolute Gasteiger partial charge is 0.243 e. The van der Waals surface area contributed by atoms with Crippen LogP contribution < -0.4 is 5.73 Å². The Hall–Kier alpha value is -2.14. The minimum Gasteiger partial charge on any atom is -0.361 e. The van der Waals surface area contributed by atoms with Gasteiger partial charge in [-0.3, -0.25) is 0 Å². The van der Waals surface area contributed by atoms with E-state index in [2.05, 4.69) is 34.2 Å². The average molecular weight is 284 g/mol. The number of para-hydroxylation sites is 1. The van der Waals surface area contributed by atoms with Crippen LogP contribution in [0.1, 0.15) is 43.1 Å². The van der Waals surface area contributed by atoms with Gasteiger partial charge in [-0.2, -0.15) is 4.98 Å². The third kappa shape index (κ3) is 2.97. The van der Waals surface area contributed by atoms with E-state index >= 15 is 0 Å². The van der Waals surface area contributed by atoms with Crippen LogP contribution in [-0.4, -0.2) is 15.1 Å². The fraction of sp³-hybridized carbons (Fsp3) is 0.375. The van der Waals surface area contributed by atoms with E-state index in [1.165, 1.54) is 10.9 Å². The lowest BCUT2D eigenvalue weighted by Crippen LogP contribution is -2.13. The standard InChI is InChI=1S/C16H20N4O/c1-2-3-8-15-19-16(21-20-15)13(17)9-11-10-18-14-7-5-4-6-12(11)14/h4-7,10,13,18H,2-3,8-9,17H2,1H3/t13-/m0/s1. The first-order chi connectivity index (χ1) is 10.3. The van der Waals surface area contributed by atoms with Crippen LogP contribution in [0.4, 0.5) is 0 Å². The molecule has 110 valence electrons. The van der Waals surface area contributed by atoms with Crippen molar-refractivity contribution in [3.05, 3.63) is 47.7 Å². The summed E-state index contributed by atoms with van der Waals surface area (Å²) in [6, 6.07) is 7.92. The Kier molecular flexibility index (Phi) is 4.01. The molecule has 1 atom stereocenters. The molecule has 0 aliphatic rings. The van der Waals surface area contributed by atoms with Crippen LogP contribution in [-0.2, 0) is 12.8 Å². The third-order valence-corrected chi connectivity index (χ3v) is 3.67. The van der Waals surface area contributed by atoms with Crippen molar-refractivity contribution in [2.45, 2.75) is 38.6 Å². The van der Waals surface area contributed by atoms with E-state index in [-0.39, 0.29) is 6.04 Å². The number of hydrogen-bond acceptors (Lipinski definition) is 4. The van der Waals surface area contributed by atoms with Crippen LogP contribution in [0.15, 0.2) is 35.0 Å². The van der Waals surface area contributed by atoms with Gasteiger partial charge in [0.05, 0.1) is 6.04 Å². The van der Waals surface area contributed by atoms with Crippen LogP contribution in [0, 0.1) is 0 Å². The number of nitrogens with two attached hydrogens (primary N) is 1. The summed E-state index contributed by atoms with van der Waals surface area (Å²) in [5.74, 6) is 1.27. The first-order valence-electron chi connectivity index (χ1n) is 7.41. The van der Waals surface area contributed by atoms with E-state index < -0.39 is 0 Å². The molecule has 0 saturated heterocycles. The lowest BCUT2D eigenvalue weighted by molar-refractivity contribution is 0.350. The quantitative estimate of drug-likeness (QED) is 0.728. The van der Waals surface area contributed by atoms with E-state index in [9.17, 15) is 0 Å². The number of unbranched alkanes of at least 4 members (excludes halogenated alkanes) is 1. The lowest BCUT2D eigenvalue weighted by Gasteiger charge is -2.05. The zero-order chi connectivity index (χ0) is 14.7. The second-order valence-electron chi connectivity index (χ2n) is 5.32. The third-order valence-electron chi connectivity index (χ3n) is 3.67. The fourth-order valence-electron chi connectivity index (χ4n) is 2.48.